The number of ether oxygens (including phenoxy) is 2. The molecule has 0 radical (unpaired) electrons. The molecule has 2 aliphatic heterocycles. The number of rotatable bonds is 3. The smallest absolute Gasteiger partial charge is 0.339 e. The maximum absolute atomic E-state index is 12.8. The van der Waals surface area contributed by atoms with Gasteiger partial charge in [-0.15, -0.1) is 0 Å². The predicted molar refractivity (Wildman–Crippen MR) is 101 cm³/mol. The van der Waals surface area contributed by atoms with Gasteiger partial charge in [-0.1, -0.05) is 18.2 Å². The molecule has 0 unspecified atom stereocenters. The van der Waals surface area contributed by atoms with E-state index in [0.717, 1.165) is 30.1 Å². The first-order chi connectivity index (χ1) is 13.2. The average Bonchev–Trinajstić information content (AvgIpc) is 2.73. The van der Waals surface area contributed by atoms with E-state index in [4.69, 9.17) is 9.47 Å². The van der Waals surface area contributed by atoms with E-state index in [-0.39, 0.29) is 5.91 Å². The number of hydrogen-bond donors (Lipinski definition) is 0. The molecule has 0 bridgehead atoms. The Bertz CT molecular complexity index is 842. The van der Waals surface area contributed by atoms with Crippen LogP contribution < -0.4 is 9.64 Å². The Hall–Kier alpha value is -3.02. The summed E-state index contributed by atoms with van der Waals surface area (Å²) in [6.45, 7) is 2.71. The van der Waals surface area contributed by atoms with Crippen LogP contribution >= 0.6 is 0 Å². The van der Waals surface area contributed by atoms with E-state index >= 15 is 0 Å². The van der Waals surface area contributed by atoms with Crippen LogP contribution in [0.4, 0.5) is 5.69 Å². The molecule has 27 heavy (non-hydrogen) atoms. The van der Waals surface area contributed by atoms with Gasteiger partial charge < -0.3 is 19.3 Å². The Morgan fingerprint density at radius 2 is 1.74 bits per heavy atom. The van der Waals surface area contributed by atoms with Crippen molar-refractivity contribution in [3.8, 4) is 5.75 Å². The lowest BCUT2D eigenvalue weighted by Crippen LogP contribution is -2.53. The molecule has 0 saturated carbocycles. The average molecular weight is 366 g/mol. The van der Waals surface area contributed by atoms with Gasteiger partial charge in [0.05, 0.1) is 12.7 Å². The maximum atomic E-state index is 12.8. The van der Waals surface area contributed by atoms with Gasteiger partial charge in [0, 0.05) is 38.3 Å². The molecule has 1 amide bonds. The number of amides is 1. The Morgan fingerprint density at radius 1 is 1.04 bits per heavy atom. The number of anilines is 1. The Balaban J connectivity index is 1.38. The molecule has 0 aliphatic carbocycles. The summed E-state index contributed by atoms with van der Waals surface area (Å²) in [6, 6.07) is 15.2. The van der Waals surface area contributed by atoms with E-state index in [1.165, 1.54) is 0 Å². The summed E-state index contributed by atoms with van der Waals surface area (Å²) in [6.07, 6.45) is -0.278. The Kier molecular flexibility index (Phi) is 4.71. The number of nitrogens with zero attached hydrogens (tertiary/aromatic N) is 2. The van der Waals surface area contributed by atoms with Crippen LogP contribution in [0.5, 0.6) is 5.75 Å². The minimum Gasteiger partial charge on any atom is -0.497 e. The largest absolute Gasteiger partial charge is 0.497 e. The minimum atomic E-state index is -0.722. The minimum absolute atomic E-state index is 0.104. The van der Waals surface area contributed by atoms with Crippen molar-refractivity contribution in [3.05, 3.63) is 59.7 Å². The van der Waals surface area contributed by atoms with Gasteiger partial charge in [0.25, 0.3) is 5.91 Å². The van der Waals surface area contributed by atoms with Crippen molar-refractivity contribution < 1.29 is 19.1 Å². The molecular formula is C21H22N2O4. The number of carbonyl (C=O) groups excluding carboxylic acids is 2. The summed E-state index contributed by atoms with van der Waals surface area (Å²) in [4.78, 5) is 29.0. The van der Waals surface area contributed by atoms with Gasteiger partial charge in [0.15, 0.2) is 6.10 Å². The fourth-order valence-corrected chi connectivity index (χ4v) is 3.65. The molecule has 0 N–H and O–H groups in total. The standard InChI is InChI=1S/C21H22N2O4/c1-26-17-8-6-16(7-9-17)22-10-12-23(13-11-22)20(24)19-14-15-4-2-3-5-18(15)21(25)27-19/h2-9,19H,10-14H2,1H3/t19-/m1/s1. The van der Waals surface area contributed by atoms with E-state index in [1.807, 2.05) is 36.4 Å². The molecule has 1 fully saturated rings. The van der Waals surface area contributed by atoms with Crippen molar-refractivity contribution in [1.82, 2.24) is 4.90 Å². The lowest BCUT2D eigenvalue weighted by atomic mass is 9.98. The molecule has 1 saturated heterocycles. The van der Waals surface area contributed by atoms with Crippen LogP contribution in [0, 0.1) is 0 Å². The van der Waals surface area contributed by atoms with Crippen molar-refractivity contribution in [2.45, 2.75) is 12.5 Å². The second-order valence-electron chi connectivity index (χ2n) is 6.77. The third kappa shape index (κ3) is 3.47. The van der Waals surface area contributed by atoms with Crippen molar-refractivity contribution >= 4 is 17.6 Å². The zero-order chi connectivity index (χ0) is 18.8. The molecule has 140 valence electrons. The van der Waals surface area contributed by atoms with Gasteiger partial charge >= 0.3 is 5.97 Å². The van der Waals surface area contributed by atoms with Gasteiger partial charge in [0.2, 0.25) is 0 Å². The quantitative estimate of drug-likeness (QED) is 0.779. The lowest BCUT2D eigenvalue weighted by Gasteiger charge is -2.38. The lowest BCUT2D eigenvalue weighted by molar-refractivity contribution is -0.141. The van der Waals surface area contributed by atoms with Crippen LogP contribution in [-0.4, -0.2) is 56.2 Å². The number of carbonyl (C=O) groups is 2. The van der Waals surface area contributed by atoms with Crippen LogP contribution in [0.25, 0.3) is 0 Å². The topological polar surface area (TPSA) is 59.1 Å². The Labute approximate surface area is 158 Å². The predicted octanol–water partition coefficient (Wildman–Crippen LogP) is 2.13. The zero-order valence-corrected chi connectivity index (χ0v) is 15.3. The van der Waals surface area contributed by atoms with E-state index in [1.54, 1.807) is 24.1 Å². The summed E-state index contributed by atoms with van der Waals surface area (Å²) < 4.78 is 10.6. The number of cyclic esters (lactones) is 1. The third-order valence-electron chi connectivity index (χ3n) is 5.20. The summed E-state index contributed by atoms with van der Waals surface area (Å²) in [5, 5.41) is 0. The number of methoxy groups -OCH3 is 1. The van der Waals surface area contributed by atoms with Crippen LogP contribution in [0.15, 0.2) is 48.5 Å². The molecule has 2 aromatic rings. The van der Waals surface area contributed by atoms with Crippen molar-refractivity contribution in [2.24, 2.45) is 0 Å². The van der Waals surface area contributed by atoms with Gasteiger partial charge in [-0.25, -0.2) is 4.79 Å². The number of piperazine rings is 1. The monoisotopic (exact) mass is 366 g/mol. The highest BCUT2D eigenvalue weighted by Crippen LogP contribution is 2.24. The van der Waals surface area contributed by atoms with Crippen molar-refractivity contribution in [1.29, 1.82) is 0 Å². The van der Waals surface area contributed by atoms with Gasteiger partial charge in [0.1, 0.15) is 5.75 Å². The first kappa shape index (κ1) is 17.4. The molecule has 1 atom stereocenters. The molecule has 2 aromatic carbocycles. The molecular weight excluding hydrogens is 344 g/mol. The van der Waals surface area contributed by atoms with Gasteiger partial charge in [-0.05, 0) is 35.9 Å². The highest BCUT2D eigenvalue weighted by molar-refractivity contribution is 5.95. The second kappa shape index (κ2) is 7.31. The van der Waals surface area contributed by atoms with E-state index in [0.29, 0.717) is 25.1 Å². The maximum Gasteiger partial charge on any atom is 0.339 e. The molecule has 6 nitrogen and oxygen atoms in total. The zero-order valence-electron chi connectivity index (χ0n) is 15.3. The van der Waals surface area contributed by atoms with Crippen LogP contribution in [0.3, 0.4) is 0 Å². The number of hydrogen-bond acceptors (Lipinski definition) is 5. The summed E-state index contributed by atoms with van der Waals surface area (Å²) in [7, 11) is 1.65. The van der Waals surface area contributed by atoms with Crippen LogP contribution in [-0.2, 0) is 16.0 Å². The SMILES string of the molecule is COc1ccc(N2CCN(C(=O)[C@H]3Cc4ccccc4C(=O)O3)CC2)cc1. The molecule has 2 aliphatic rings. The van der Waals surface area contributed by atoms with Crippen molar-refractivity contribution in [3.63, 3.8) is 0 Å². The fraction of sp³-hybridized carbons (Fsp3) is 0.333. The number of esters is 1. The van der Waals surface area contributed by atoms with Crippen molar-refractivity contribution in [2.75, 3.05) is 38.2 Å². The Morgan fingerprint density at radius 3 is 2.44 bits per heavy atom. The van der Waals surface area contributed by atoms with Gasteiger partial charge in [-0.2, -0.15) is 0 Å². The molecule has 0 spiro atoms. The van der Waals surface area contributed by atoms with Crippen LogP contribution in [0.1, 0.15) is 15.9 Å². The molecule has 4 rings (SSSR count). The molecule has 2 heterocycles. The summed E-state index contributed by atoms with van der Waals surface area (Å²) in [5.41, 5.74) is 2.55. The fourth-order valence-electron chi connectivity index (χ4n) is 3.65. The van der Waals surface area contributed by atoms with E-state index in [9.17, 15) is 9.59 Å². The third-order valence-corrected chi connectivity index (χ3v) is 5.20. The van der Waals surface area contributed by atoms with Crippen LogP contribution in [0.2, 0.25) is 0 Å². The second-order valence-corrected chi connectivity index (χ2v) is 6.77. The highest BCUT2D eigenvalue weighted by atomic mass is 16.5. The summed E-state index contributed by atoms with van der Waals surface area (Å²) >= 11 is 0. The normalized spacial score (nSPS) is 19.3. The first-order valence-electron chi connectivity index (χ1n) is 9.12. The molecule has 6 heteroatoms. The van der Waals surface area contributed by atoms with Gasteiger partial charge in [-0.3, -0.25) is 4.79 Å². The van der Waals surface area contributed by atoms with E-state index < -0.39 is 12.1 Å². The summed E-state index contributed by atoms with van der Waals surface area (Å²) in [5.74, 6) is 0.311. The highest BCUT2D eigenvalue weighted by Gasteiger charge is 2.34. The number of fused-ring (bicyclic) bond motifs is 1. The molecule has 0 aromatic heterocycles. The number of benzene rings is 2. The van der Waals surface area contributed by atoms with E-state index in [2.05, 4.69) is 4.90 Å². The first-order valence-corrected chi connectivity index (χ1v) is 9.12.